The number of nitrogens with one attached hydrogen (secondary N) is 2. The van der Waals surface area contributed by atoms with E-state index in [1.54, 1.807) is 7.05 Å². The number of urea groups is 1. The Morgan fingerprint density at radius 1 is 1.64 bits per heavy atom. The predicted octanol–water partition coefficient (Wildman–Crippen LogP) is 0.274. The molecular weight excluding hydrogens is 182 g/mol. The quantitative estimate of drug-likeness (QED) is 0.730. The van der Waals surface area contributed by atoms with E-state index in [9.17, 15) is 4.79 Å². The number of carbonyl (C=O) groups is 1. The summed E-state index contributed by atoms with van der Waals surface area (Å²) in [6.07, 6.45) is 0. The van der Waals surface area contributed by atoms with Crippen molar-refractivity contribution in [1.82, 2.24) is 25.4 Å². The van der Waals surface area contributed by atoms with Gasteiger partial charge in [0.15, 0.2) is 5.82 Å². The van der Waals surface area contributed by atoms with Gasteiger partial charge in [-0.15, -0.1) is 0 Å². The molecule has 0 aromatic carbocycles. The highest BCUT2D eigenvalue weighted by molar-refractivity contribution is 5.73. The molecule has 0 fully saturated rings. The molecule has 1 rings (SSSR count). The molecule has 6 heteroatoms. The molecule has 0 aliphatic carbocycles. The molecule has 0 radical (unpaired) electrons. The lowest BCUT2D eigenvalue weighted by molar-refractivity contribution is 0.206. The number of hydrogen-bond acceptors (Lipinski definition) is 3. The van der Waals surface area contributed by atoms with E-state index in [-0.39, 0.29) is 6.03 Å². The smallest absolute Gasteiger partial charge is 0.317 e. The Hall–Kier alpha value is -1.59. The second-order valence-electron chi connectivity index (χ2n) is 3.03. The van der Waals surface area contributed by atoms with Crippen molar-refractivity contribution in [3.8, 4) is 0 Å². The normalized spacial score (nSPS) is 9.93. The van der Waals surface area contributed by atoms with Crippen molar-refractivity contribution in [1.29, 1.82) is 0 Å². The first-order chi connectivity index (χ1) is 6.63. The highest BCUT2D eigenvalue weighted by Crippen LogP contribution is 1.96. The summed E-state index contributed by atoms with van der Waals surface area (Å²) in [5.41, 5.74) is 0. The van der Waals surface area contributed by atoms with E-state index in [0.29, 0.717) is 18.9 Å². The van der Waals surface area contributed by atoms with Crippen LogP contribution in [0.15, 0.2) is 0 Å². The molecule has 0 aliphatic heterocycles. The summed E-state index contributed by atoms with van der Waals surface area (Å²) in [5.74, 6) is 1.38. The van der Waals surface area contributed by atoms with Gasteiger partial charge < -0.3 is 10.2 Å². The third-order valence-electron chi connectivity index (χ3n) is 1.70. The molecule has 1 aromatic heterocycles. The molecule has 6 nitrogen and oxygen atoms in total. The first-order valence-electron chi connectivity index (χ1n) is 4.50. The fraction of sp³-hybridized carbons (Fsp3) is 0.625. The topological polar surface area (TPSA) is 73.9 Å². The predicted molar refractivity (Wildman–Crippen MR) is 51.7 cm³/mol. The molecule has 0 bridgehead atoms. The number of aryl methyl sites for hydroxylation is 1. The molecule has 0 aliphatic rings. The maximum Gasteiger partial charge on any atom is 0.317 e. The molecule has 14 heavy (non-hydrogen) atoms. The lowest BCUT2D eigenvalue weighted by atomic mass is 10.5. The lowest BCUT2D eigenvalue weighted by Gasteiger charge is -2.14. The maximum absolute atomic E-state index is 11.3. The molecule has 0 saturated heterocycles. The van der Waals surface area contributed by atoms with Crippen molar-refractivity contribution in [2.24, 2.45) is 0 Å². The summed E-state index contributed by atoms with van der Waals surface area (Å²) in [6, 6.07) is -0.116. The molecule has 0 unspecified atom stereocenters. The Balaban J connectivity index is 2.48. The van der Waals surface area contributed by atoms with Crippen LogP contribution in [0, 0.1) is 6.92 Å². The summed E-state index contributed by atoms with van der Waals surface area (Å²) in [7, 11) is 1.71. The zero-order valence-electron chi connectivity index (χ0n) is 8.66. The number of hydrogen-bond donors (Lipinski definition) is 2. The molecular formula is C8H15N5O. The van der Waals surface area contributed by atoms with E-state index in [0.717, 1.165) is 5.82 Å². The van der Waals surface area contributed by atoms with Crippen molar-refractivity contribution in [3.05, 3.63) is 11.6 Å². The first-order valence-corrected chi connectivity index (χ1v) is 4.50. The summed E-state index contributed by atoms with van der Waals surface area (Å²) in [6.45, 7) is 4.73. The largest absolute Gasteiger partial charge is 0.338 e. The number of amides is 2. The van der Waals surface area contributed by atoms with Crippen LogP contribution < -0.4 is 5.32 Å². The van der Waals surface area contributed by atoms with Gasteiger partial charge in [-0.3, -0.25) is 5.10 Å². The Morgan fingerprint density at radius 3 is 2.86 bits per heavy atom. The third-order valence-corrected chi connectivity index (χ3v) is 1.70. The van der Waals surface area contributed by atoms with Crippen LogP contribution in [0.2, 0.25) is 0 Å². The first kappa shape index (κ1) is 10.5. The van der Waals surface area contributed by atoms with E-state index in [1.807, 2.05) is 13.8 Å². The van der Waals surface area contributed by atoms with Crippen LogP contribution in [0.4, 0.5) is 4.79 Å². The lowest BCUT2D eigenvalue weighted by Crippen LogP contribution is -2.36. The second-order valence-corrected chi connectivity index (χ2v) is 3.03. The van der Waals surface area contributed by atoms with E-state index in [1.165, 1.54) is 4.90 Å². The molecule has 0 atom stereocenters. The van der Waals surface area contributed by atoms with E-state index in [4.69, 9.17) is 0 Å². The zero-order chi connectivity index (χ0) is 10.6. The number of carbonyl (C=O) groups excluding carboxylic acids is 1. The van der Waals surface area contributed by atoms with Crippen LogP contribution in [0.25, 0.3) is 0 Å². The van der Waals surface area contributed by atoms with Gasteiger partial charge in [0.05, 0.1) is 6.54 Å². The monoisotopic (exact) mass is 197 g/mol. The fourth-order valence-electron chi connectivity index (χ4n) is 1.03. The van der Waals surface area contributed by atoms with Gasteiger partial charge in [0.1, 0.15) is 5.82 Å². The maximum atomic E-state index is 11.3. The van der Waals surface area contributed by atoms with Crippen LogP contribution in [-0.4, -0.2) is 39.7 Å². The fourth-order valence-corrected chi connectivity index (χ4v) is 1.03. The standard InChI is InChI=1S/C8H15N5O/c1-4-9-8(14)13(3)5-7-10-6(2)11-12-7/h4-5H2,1-3H3,(H,9,14)(H,10,11,12). The number of aromatic nitrogens is 3. The van der Waals surface area contributed by atoms with Crippen LogP contribution in [0.3, 0.4) is 0 Å². The third kappa shape index (κ3) is 2.72. The average Bonchev–Trinajstić information content (AvgIpc) is 2.51. The van der Waals surface area contributed by atoms with E-state index >= 15 is 0 Å². The Bertz CT molecular complexity index is 308. The van der Waals surface area contributed by atoms with Crippen LogP contribution in [-0.2, 0) is 6.54 Å². The molecule has 0 spiro atoms. The molecule has 0 saturated carbocycles. The molecule has 2 N–H and O–H groups in total. The van der Waals surface area contributed by atoms with Crippen molar-refractivity contribution < 1.29 is 4.79 Å². The highest BCUT2D eigenvalue weighted by atomic mass is 16.2. The SMILES string of the molecule is CCNC(=O)N(C)Cc1n[nH]c(C)n1. The van der Waals surface area contributed by atoms with Gasteiger partial charge in [0.25, 0.3) is 0 Å². The van der Waals surface area contributed by atoms with Gasteiger partial charge in [0, 0.05) is 13.6 Å². The van der Waals surface area contributed by atoms with Crippen LogP contribution in [0.5, 0.6) is 0 Å². The summed E-state index contributed by atoms with van der Waals surface area (Å²) < 4.78 is 0. The number of nitrogens with zero attached hydrogens (tertiary/aromatic N) is 3. The van der Waals surface area contributed by atoms with Crippen LogP contribution >= 0.6 is 0 Å². The summed E-state index contributed by atoms with van der Waals surface area (Å²) >= 11 is 0. The Kier molecular flexibility index (Phi) is 3.44. The minimum atomic E-state index is -0.116. The van der Waals surface area contributed by atoms with Gasteiger partial charge in [-0.25, -0.2) is 9.78 Å². The Labute approximate surface area is 82.7 Å². The molecule has 78 valence electrons. The van der Waals surface area contributed by atoms with Crippen molar-refractivity contribution >= 4 is 6.03 Å². The van der Waals surface area contributed by atoms with Crippen molar-refractivity contribution in [3.63, 3.8) is 0 Å². The van der Waals surface area contributed by atoms with E-state index in [2.05, 4.69) is 20.5 Å². The average molecular weight is 197 g/mol. The zero-order valence-corrected chi connectivity index (χ0v) is 8.66. The van der Waals surface area contributed by atoms with Crippen molar-refractivity contribution in [2.45, 2.75) is 20.4 Å². The van der Waals surface area contributed by atoms with Gasteiger partial charge in [0.2, 0.25) is 0 Å². The molecule has 1 heterocycles. The van der Waals surface area contributed by atoms with Crippen molar-refractivity contribution in [2.75, 3.05) is 13.6 Å². The van der Waals surface area contributed by atoms with Gasteiger partial charge in [-0.05, 0) is 13.8 Å². The number of rotatable bonds is 3. The summed E-state index contributed by atoms with van der Waals surface area (Å²) in [4.78, 5) is 16.9. The van der Waals surface area contributed by atoms with Gasteiger partial charge in [-0.2, -0.15) is 5.10 Å². The summed E-state index contributed by atoms with van der Waals surface area (Å²) in [5, 5.41) is 9.36. The van der Waals surface area contributed by atoms with Crippen LogP contribution in [0.1, 0.15) is 18.6 Å². The van der Waals surface area contributed by atoms with Gasteiger partial charge in [-0.1, -0.05) is 0 Å². The number of H-pyrrole nitrogens is 1. The molecule has 1 aromatic rings. The highest BCUT2D eigenvalue weighted by Gasteiger charge is 2.09. The second kappa shape index (κ2) is 4.59. The minimum absolute atomic E-state index is 0.116. The minimum Gasteiger partial charge on any atom is -0.338 e. The Morgan fingerprint density at radius 2 is 2.36 bits per heavy atom. The van der Waals surface area contributed by atoms with E-state index < -0.39 is 0 Å². The number of aromatic amines is 1. The van der Waals surface area contributed by atoms with Gasteiger partial charge >= 0.3 is 6.03 Å². The molecule has 2 amide bonds.